The van der Waals surface area contributed by atoms with Gasteiger partial charge in [0.15, 0.2) is 6.10 Å². The predicted molar refractivity (Wildman–Crippen MR) is 110 cm³/mol. The fraction of sp³-hybridized carbons (Fsp3) is 0.550. The third kappa shape index (κ3) is 9.77. The van der Waals surface area contributed by atoms with Crippen molar-refractivity contribution in [3.05, 3.63) is 29.8 Å². The molecule has 204 valence electrons. The second kappa shape index (κ2) is 12.6. The Morgan fingerprint density at radius 3 is 1.92 bits per heavy atom. The number of halogens is 6. The topological polar surface area (TPSA) is 146 Å². The molecule has 5 N–H and O–H groups in total. The standard InChI is InChI=1S/C20H25F6N3O7/c1-9(2)13(15(30)19(21,22)23)28-17(32)14(10-4-6-11(35-3)7-5-10)29-16(31)12(27-18(33)34)8-36-20(24,25)26/h4-7,9,12-15,27,30H,8H2,1-3H3,(H,28,32)(H,29,31)(H,33,34)/t12-,13-,14-,15-/m0/s1. The van der Waals surface area contributed by atoms with E-state index in [1.807, 2.05) is 10.6 Å². The number of methoxy groups -OCH3 is 1. The number of carbonyl (C=O) groups is 3. The highest BCUT2D eigenvalue weighted by atomic mass is 19.4. The molecule has 0 bridgehead atoms. The quantitative estimate of drug-likeness (QED) is 0.274. The predicted octanol–water partition coefficient (Wildman–Crippen LogP) is 2.09. The number of carbonyl (C=O) groups excluding carboxylic acids is 2. The third-order valence-corrected chi connectivity index (χ3v) is 4.73. The van der Waals surface area contributed by atoms with Crippen LogP contribution in [0.1, 0.15) is 25.5 Å². The van der Waals surface area contributed by atoms with Crippen molar-refractivity contribution < 1.29 is 60.4 Å². The summed E-state index contributed by atoms with van der Waals surface area (Å²) in [5.74, 6) is -3.36. The molecule has 0 unspecified atom stereocenters. The number of carboxylic acid groups (broad SMARTS) is 1. The highest BCUT2D eigenvalue weighted by molar-refractivity contribution is 5.92. The lowest BCUT2D eigenvalue weighted by Crippen LogP contribution is -2.56. The molecule has 0 radical (unpaired) electrons. The molecule has 4 atom stereocenters. The Hall–Kier alpha value is -3.27. The molecule has 1 rings (SSSR count). The first-order valence-corrected chi connectivity index (χ1v) is 10.2. The number of aliphatic hydroxyl groups excluding tert-OH is 1. The average Bonchev–Trinajstić information content (AvgIpc) is 2.76. The maximum absolute atomic E-state index is 13.1. The van der Waals surface area contributed by atoms with E-state index in [2.05, 4.69) is 4.74 Å². The van der Waals surface area contributed by atoms with Crippen LogP contribution in [-0.2, 0) is 14.3 Å². The minimum atomic E-state index is -5.22. The number of hydrogen-bond donors (Lipinski definition) is 5. The van der Waals surface area contributed by atoms with Crippen LogP contribution in [0.4, 0.5) is 31.1 Å². The van der Waals surface area contributed by atoms with Gasteiger partial charge in [-0.2, -0.15) is 13.2 Å². The van der Waals surface area contributed by atoms with Crippen molar-refractivity contribution in [2.75, 3.05) is 13.7 Å². The van der Waals surface area contributed by atoms with Crippen LogP contribution in [0.15, 0.2) is 24.3 Å². The molecule has 0 aliphatic rings. The summed E-state index contributed by atoms with van der Waals surface area (Å²) in [6.07, 6.45) is -15.2. The maximum atomic E-state index is 13.1. The summed E-state index contributed by atoms with van der Waals surface area (Å²) in [6, 6.07) is -0.706. The summed E-state index contributed by atoms with van der Waals surface area (Å²) in [6.45, 7) is 1.06. The first kappa shape index (κ1) is 30.8. The molecule has 0 heterocycles. The van der Waals surface area contributed by atoms with Crippen LogP contribution >= 0.6 is 0 Å². The number of aliphatic hydroxyl groups is 1. The minimum Gasteiger partial charge on any atom is -0.497 e. The fourth-order valence-electron chi connectivity index (χ4n) is 2.91. The molecule has 0 spiro atoms. The van der Waals surface area contributed by atoms with E-state index in [9.17, 15) is 45.8 Å². The first-order valence-electron chi connectivity index (χ1n) is 10.2. The van der Waals surface area contributed by atoms with Crippen LogP contribution in [0.5, 0.6) is 5.75 Å². The van der Waals surface area contributed by atoms with Crippen LogP contribution in [0.3, 0.4) is 0 Å². The Morgan fingerprint density at radius 2 is 1.50 bits per heavy atom. The van der Waals surface area contributed by atoms with E-state index in [4.69, 9.17) is 9.84 Å². The number of amides is 3. The first-order chi connectivity index (χ1) is 16.5. The van der Waals surface area contributed by atoms with E-state index in [1.54, 1.807) is 0 Å². The molecule has 0 aromatic heterocycles. The number of benzene rings is 1. The van der Waals surface area contributed by atoms with Gasteiger partial charge in [0.25, 0.3) is 0 Å². The van der Waals surface area contributed by atoms with Crippen molar-refractivity contribution in [2.45, 2.75) is 50.6 Å². The van der Waals surface area contributed by atoms with E-state index >= 15 is 0 Å². The number of rotatable bonds is 11. The van der Waals surface area contributed by atoms with E-state index < -0.39 is 67.2 Å². The zero-order valence-electron chi connectivity index (χ0n) is 19.1. The second-order valence-electron chi connectivity index (χ2n) is 7.74. The lowest BCUT2D eigenvalue weighted by atomic mass is 9.96. The Labute approximate surface area is 200 Å². The highest BCUT2D eigenvalue weighted by Gasteiger charge is 2.46. The molecule has 16 heteroatoms. The van der Waals surface area contributed by atoms with E-state index in [1.165, 1.54) is 50.5 Å². The molecular formula is C20H25F6N3O7. The van der Waals surface area contributed by atoms with E-state index in [0.29, 0.717) is 5.75 Å². The van der Waals surface area contributed by atoms with Gasteiger partial charge in [0, 0.05) is 0 Å². The van der Waals surface area contributed by atoms with E-state index in [0.717, 1.165) is 0 Å². The van der Waals surface area contributed by atoms with Crippen LogP contribution in [0, 0.1) is 5.92 Å². The molecule has 3 amide bonds. The van der Waals surface area contributed by atoms with Gasteiger partial charge in [-0.3, -0.25) is 14.3 Å². The van der Waals surface area contributed by atoms with Crippen molar-refractivity contribution in [3.63, 3.8) is 0 Å². The molecule has 0 saturated heterocycles. The zero-order chi connectivity index (χ0) is 27.8. The van der Waals surface area contributed by atoms with Crippen LogP contribution in [0.2, 0.25) is 0 Å². The minimum absolute atomic E-state index is 0.0449. The van der Waals surface area contributed by atoms with Gasteiger partial charge in [0.2, 0.25) is 11.8 Å². The molecule has 10 nitrogen and oxygen atoms in total. The maximum Gasteiger partial charge on any atom is 0.522 e. The zero-order valence-corrected chi connectivity index (χ0v) is 19.1. The van der Waals surface area contributed by atoms with Gasteiger partial charge < -0.3 is 30.9 Å². The number of ether oxygens (including phenoxy) is 2. The third-order valence-electron chi connectivity index (χ3n) is 4.73. The van der Waals surface area contributed by atoms with E-state index in [-0.39, 0.29) is 5.56 Å². The van der Waals surface area contributed by atoms with Crippen molar-refractivity contribution in [3.8, 4) is 5.75 Å². The average molecular weight is 533 g/mol. The van der Waals surface area contributed by atoms with Crippen LogP contribution < -0.4 is 20.7 Å². The summed E-state index contributed by atoms with van der Waals surface area (Å²) >= 11 is 0. The summed E-state index contributed by atoms with van der Waals surface area (Å²) in [4.78, 5) is 36.5. The Balaban J connectivity index is 3.30. The molecule has 1 aromatic rings. The molecule has 0 aliphatic heterocycles. The van der Waals surface area contributed by atoms with Crippen molar-refractivity contribution in [1.82, 2.24) is 16.0 Å². The van der Waals surface area contributed by atoms with Gasteiger partial charge in [0.05, 0.1) is 19.8 Å². The second-order valence-corrected chi connectivity index (χ2v) is 7.74. The van der Waals surface area contributed by atoms with Gasteiger partial charge in [-0.25, -0.2) is 4.79 Å². The monoisotopic (exact) mass is 533 g/mol. The molecule has 36 heavy (non-hydrogen) atoms. The molecular weight excluding hydrogens is 508 g/mol. The Kier molecular flexibility index (Phi) is 10.8. The Morgan fingerprint density at radius 1 is 0.944 bits per heavy atom. The lowest BCUT2D eigenvalue weighted by Gasteiger charge is -2.31. The molecule has 0 fully saturated rings. The molecule has 0 saturated carbocycles. The molecule has 1 aromatic carbocycles. The SMILES string of the molecule is COc1ccc([C@H](NC(=O)[C@H](COC(F)(F)F)NC(=O)O)C(=O)N[C@@H](C(C)C)[C@H](O)C(F)(F)F)cc1. The number of alkyl halides is 6. The Bertz CT molecular complexity index is 893. The fourth-order valence-corrected chi connectivity index (χ4v) is 2.91. The lowest BCUT2D eigenvalue weighted by molar-refractivity contribution is -0.325. The van der Waals surface area contributed by atoms with Gasteiger partial charge in [0.1, 0.15) is 17.8 Å². The van der Waals surface area contributed by atoms with Crippen molar-refractivity contribution in [2.24, 2.45) is 5.92 Å². The van der Waals surface area contributed by atoms with Crippen molar-refractivity contribution in [1.29, 1.82) is 0 Å². The molecule has 0 aliphatic carbocycles. The van der Waals surface area contributed by atoms with Crippen LogP contribution in [-0.4, -0.2) is 72.6 Å². The van der Waals surface area contributed by atoms with Crippen LogP contribution in [0.25, 0.3) is 0 Å². The summed E-state index contributed by atoms with van der Waals surface area (Å²) in [7, 11) is 1.32. The smallest absolute Gasteiger partial charge is 0.497 e. The highest BCUT2D eigenvalue weighted by Crippen LogP contribution is 2.26. The van der Waals surface area contributed by atoms with Gasteiger partial charge >= 0.3 is 18.6 Å². The largest absolute Gasteiger partial charge is 0.522 e. The normalized spacial score (nSPS) is 15.4. The summed E-state index contributed by atoms with van der Waals surface area (Å²) in [5.41, 5.74) is -0.0449. The summed E-state index contributed by atoms with van der Waals surface area (Å²) in [5, 5.41) is 24.0. The van der Waals surface area contributed by atoms with Gasteiger partial charge in [-0.1, -0.05) is 26.0 Å². The summed E-state index contributed by atoms with van der Waals surface area (Å²) < 4.78 is 84.9. The van der Waals surface area contributed by atoms with Crippen molar-refractivity contribution >= 4 is 17.9 Å². The van der Waals surface area contributed by atoms with Gasteiger partial charge in [-0.05, 0) is 23.6 Å². The number of hydrogen-bond acceptors (Lipinski definition) is 6. The van der Waals surface area contributed by atoms with Gasteiger partial charge in [-0.15, -0.1) is 13.2 Å². The number of nitrogens with one attached hydrogen (secondary N) is 3.